The predicted molar refractivity (Wildman–Crippen MR) is 90.0 cm³/mol. The van der Waals surface area contributed by atoms with Crippen molar-refractivity contribution in [3.63, 3.8) is 0 Å². The van der Waals surface area contributed by atoms with Crippen LogP contribution < -0.4 is 10.1 Å². The van der Waals surface area contributed by atoms with E-state index >= 15 is 0 Å². The maximum atomic E-state index is 11.9. The Morgan fingerprint density at radius 2 is 1.96 bits per heavy atom. The first-order chi connectivity index (χ1) is 11.9. The molecule has 0 fully saturated rings. The Balaban J connectivity index is 2.02. The molecule has 0 saturated carbocycles. The van der Waals surface area contributed by atoms with Crippen molar-refractivity contribution in [1.82, 2.24) is 0 Å². The number of hydrogen-bond donors (Lipinski definition) is 1. The first-order valence-electron chi connectivity index (χ1n) is 6.96. The number of ether oxygens (including phenoxy) is 2. The molecule has 25 heavy (non-hydrogen) atoms. The summed E-state index contributed by atoms with van der Waals surface area (Å²) in [5.74, 6) is -1.23. The van der Waals surface area contributed by atoms with E-state index in [1.54, 1.807) is 12.1 Å². The monoisotopic (exact) mass is 364 g/mol. The van der Waals surface area contributed by atoms with Crippen LogP contribution in [-0.2, 0) is 9.53 Å². The van der Waals surface area contributed by atoms with Gasteiger partial charge in [-0.25, -0.2) is 4.79 Å². The highest BCUT2D eigenvalue weighted by Gasteiger charge is 2.18. The SMILES string of the molecule is COc1ccc(NC(=O)COC(=O)c2ccccc2Cl)c([N+](=O)[O-])c1. The number of esters is 1. The smallest absolute Gasteiger partial charge is 0.340 e. The zero-order valence-electron chi connectivity index (χ0n) is 13.0. The number of carbonyl (C=O) groups excluding carboxylic acids is 2. The number of nitro groups is 1. The Kier molecular flexibility index (Phi) is 5.91. The molecule has 0 radical (unpaired) electrons. The normalized spacial score (nSPS) is 10.0. The first-order valence-corrected chi connectivity index (χ1v) is 7.34. The van der Waals surface area contributed by atoms with Crippen molar-refractivity contribution in [3.8, 4) is 5.75 Å². The number of benzene rings is 2. The van der Waals surface area contributed by atoms with Gasteiger partial charge >= 0.3 is 5.97 Å². The number of halogens is 1. The second-order valence-corrected chi connectivity index (χ2v) is 5.15. The second kappa shape index (κ2) is 8.11. The highest BCUT2D eigenvalue weighted by molar-refractivity contribution is 6.33. The van der Waals surface area contributed by atoms with Crippen LogP contribution in [0.1, 0.15) is 10.4 Å². The molecule has 0 aliphatic carbocycles. The van der Waals surface area contributed by atoms with E-state index in [1.807, 2.05) is 0 Å². The molecule has 0 spiro atoms. The molecule has 0 aromatic heterocycles. The highest BCUT2D eigenvalue weighted by atomic mass is 35.5. The lowest BCUT2D eigenvalue weighted by molar-refractivity contribution is -0.384. The quantitative estimate of drug-likeness (QED) is 0.479. The summed E-state index contributed by atoms with van der Waals surface area (Å²) < 4.78 is 9.76. The van der Waals surface area contributed by atoms with Crippen LogP contribution in [0.4, 0.5) is 11.4 Å². The average molecular weight is 365 g/mol. The van der Waals surface area contributed by atoms with Gasteiger partial charge in [0.2, 0.25) is 0 Å². The van der Waals surface area contributed by atoms with Crippen LogP contribution in [0.15, 0.2) is 42.5 Å². The standard InChI is InChI=1S/C16H13ClN2O6/c1-24-10-6-7-13(14(8-10)19(22)23)18-15(20)9-25-16(21)11-4-2-3-5-12(11)17/h2-8H,9H2,1H3,(H,18,20). The Morgan fingerprint density at radius 1 is 1.24 bits per heavy atom. The Hall–Kier alpha value is -3.13. The third-order valence-corrected chi connectivity index (χ3v) is 3.43. The number of nitrogens with one attached hydrogen (secondary N) is 1. The van der Waals surface area contributed by atoms with Gasteiger partial charge in [-0.05, 0) is 24.3 Å². The maximum Gasteiger partial charge on any atom is 0.340 e. The molecule has 0 saturated heterocycles. The van der Waals surface area contributed by atoms with E-state index in [1.165, 1.54) is 37.4 Å². The van der Waals surface area contributed by atoms with Crippen LogP contribution in [0.3, 0.4) is 0 Å². The summed E-state index contributed by atoms with van der Waals surface area (Å²) >= 11 is 5.86. The Morgan fingerprint density at radius 3 is 2.60 bits per heavy atom. The summed E-state index contributed by atoms with van der Waals surface area (Å²) in [6, 6.07) is 10.2. The number of nitrogens with zero attached hydrogens (tertiary/aromatic N) is 1. The molecule has 0 atom stereocenters. The molecule has 1 N–H and O–H groups in total. The summed E-state index contributed by atoms with van der Waals surface area (Å²) in [6.45, 7) is -0.618. The number of amides is 1. The Bertz CT molecular complexity index is 824. The van der Waals surface area contributed by atoms with Gasteiger partial charge in [0.15, 0.2) is 6.61 Å². The number of anilines is 1. The third-order valence-electron chi connectivity index (χ3n) is 3.10. The minimum atomic E-state index is -0.773. The molecule has 0 heterocycles. The van der Waals surface area contributed by atoms with Gasteiger partial charge in [-0.2, -0.15) is 0 Å². The van der Waals surface area contributed by atoms with E-state index in [0.717, 1.165) is 0 Å². The van der Waals surface area contributed by atoms with E-state index in [9.17, 15) is 19.7 Å². The van der Waals surface area contributed by atoms with Crippen molar-refractivity contribution >= 4 is 34.9 Å². The van der Waals surface area contributed by atoms with Crippen LogP contribution in [-0.4, -0.2) is 30.5 Å². The molecule has 0 aliphatic rings. The molecule has 130 valence electrons. The van der Waals surface area contributed by atoms with Gasteiger partial charge in [-0.1, -0.05) is 23.7 Å². The first kappa shape index (κ1) is 18.2. The number of carbonyl (C=O) groups is 2. The minimum absolute atomic E-state index is 0.0374. The Labute approximate surface area is 147 Å². The average Bonchev–Trinajstić information content (AvgIpc) is 2.60. The van der Waals surface area contributed by atoms with Crippen molar-refractivity contribution < 1.29 is 24.0 Å². The van der Waals surface area contributed by atoms with Gasteiger partial charge < -0.3 is 14.8 Å². The van der Waals surface area contributed by atoms with Crippen LogP contribution in [0.2, 0.25) is 5.02 Å². The summed E-state index contributed by atoms with van der Waals surface area (Å²) in [6.07, 6.45) is 0. The number of methoxy groups -OCH3 is 1. The summed E-state index contributed by atoms with van der Waals surface area (Å²) in [4.78, 5) is 34.2. The van der Waals surface area contributed by atoms with E-state index in [-0.39, 0.29) is 27.7 Å². The molecule has 9 heteroatoms. The lowest BCUT2D eigenvalue weighted by atomic mass is 10.2. The van der Waals surface area contributed by atoms with Crippen LogP contribution >= 0.6 is 11.6 Å². The molecule has 1 amide bonds. The fourth-order valence-electron chi connectivity index (χ4n) is 1.92. The fourth-order valence-corrected chi connectivity index (χ4v) is 2.13. The zero-order valence-corrected chi connectivity index (χ0v) is 13.8. The fraction of sp³-hybridized carbons (Fsp3) is 0.125. The molecular formula is C16H13ClN2O6. The highest BCUT2D eigenvalue weighted by Crippen LogP contribution is 2.28. The predicted octanol–water partition coefficient (Wildman–Crippen LogP) is 3.05. The van der Waals surface area contributed by atoms with Gasteiger partial charge in [-0.3, -0.25) is 14.9 Å². The molecule has 2 aromatic rings. The van der Waals surface area contributed by atoms with E-state index in [4.69, 9.17) is 21.1 Å². The van der Waals surface area contributed by atoms with Crippen molar-refractivity contribution in [2.45, 2.75) is 0 Å². The largest absolute Gasteiger partial charge is 0.496 e. The van der Waals surface area contributed by atoms with E-state index < -0.39 is 23.4 Å². The number of hydrogen-bond acceptors (Lipinski definition) is 6. The molecule has 0 bridgehead atoms. The van der Waals surface area contributed by atoms with Gasteiger partial charge in [0.1, 0.15) is 11.4 Å². The second-order valence-electron chi connectivity index (χ2n) is 4.74. The van der Waals surface area contributed by atoms with Crippen molar-refractivity contribution in [2.24, 2.45) is 0 Å². The zero-order chi connectivity index (χ0) is 18.4. The number of nitro benzene ring substituents is 1. The molecule has 0 aliphatic heterocycles. The molecule has 0 unspecified atom stereocenters. The van der Waals surface area contributed by atoms with E-state index in [0.29, 0.717) is 0 Å². The van der Waals surface area contributed by atoms with Crippen molar-refractivity contribution in [2.75, 3.05) is 19.0 Å². The lowest BCUT2D eigenvalue weighted by Gasteiger charge is -2.08. The van der Waals surface area contributed by atoms with Gasteiger partial charge in [0, 0.05) is 0 Å². The van der Waals surface area contributed by atoms with Gasteiger partial charge in [-0.15, -0.1) is 0 Å². The molecule has 2 aromatic carbocycles. The van der Waals surface area contributed by atoms with Crippen LogP contribution in [0, 0.1) is 10.1 Å². The van der Waals surface area contributed by atoms with Gasteiger partial charge in [0.05, 0.1) is 28.7 Å². The minimum Gasteiger partial charge on any atom is -0.496 e. The third kappa shape index (κ3) is 4.67. The summed E-state index contributed by atoms with van der Waals surface area (Å²) in [5, 5.41) is 13.6. The summed E-state index contributed by atoms with van der Waals surface area (Å²) in [7, 11) is 1.37. The van der Waals surface area contributed by atoms with Crippen LogP contribution in [0.5, 0.6) is 5.75 Å². The number of rotatable bonds is 6. The molecule has 8 nitrogen and oxygen atoms in total. The molecule has 2 rings (SSSR count). The maximum absolute atomic E-state index is 11.9. The van der Waals surface area contributed by atoms with E-state index in [2.05, 4.69) is 5.32 Å². The van der Waals surface area contributed by atoms with Crippen molar-refractivity contribution in [3.05, 3.63) is 63.2 Å². The molecular weight excluding hydrogens is 352 g/mol. The van der Waals surface area contributed by atoms with Crippen LogP contribution in [0.25, 0.3) is 0 Å². The van der Waals surface area contributed by atoms with Crippen molar-refractivity contribution in [1.29, 1.82) is 0 Å². The summed E-state index contributed by atoms with van der Waals surface area (Å²) in [5.41, 5.74) is -0.262. The van der Waals surface area contributed by atoms with Gasteiger partial charge in [0.25, 0.3) is 11.6 Å². The topological polar surface area (TPSA) is 108 Å². The lowest BCUT2D eigenvalue weighted by Crippen LogP contribution is -2.21.